The Kier molecular flexibility index (Phi) is 6.16. The van der Waals surface area contributed by atoms with Crippen molar-refractivity contribution >= 4 is 16.7 Å². The zero-order valence-corrected chi connectivity index (χ0v) is 15.2. The van der Waals surface area contributed by atoms with Crippen LogP contribution in [0.3, 0.4) is 0 Å². The number of fused-ring (bicyclic) bond motifs is 1. The van der Waals surface area contributed by atoms with Crippen LogP contribution in [0.5, 0.6) is 0 Å². The average Bonchev–Trinajstić information content (AvgIpc) is 2.53. The number of benzene rings is 2. The van der Waals surface area contributed by atoms with Crippen molar-refractivity contribution in [2.24, 2.45) is 5.73 Å². The molecule has 0 radical (unpaired) electrons. The molecule has 3 nitrogen and oxygen atoms in total. The van der Waals surface area contributed by atoms with Crippen LogP contribution in [-0.4, -0.2) is 31.4 Å². The zero-order chi connectivity index (χ0) is 17.7. The Morgan fingerprint density at radius 3 is 2.50 bits per heavy atom. The summed E-state index contributed by atoms with van der Waals surface area (Å²) in [5.74, 6) is -0.543. The van der Waals surface area contributed by atoms with Crippen LogP contribution in [0.2, 0.25) is 0 Å². The van der Waals surface area contributed by atoms with Crippen molar-refractivity contribution in [2.75, 3.05) is 20.6 Å². The molecule has 0 saturated heterocycles. The number of rotatable bonds is 7. The van der Waals surface area contributed by atoms with Crippen molar-refractivity contribution in [1.82, 2.24) is 4.90 Å². The Bertz CT molecular complexity index is 743. The fraction of sp³-hybridized carbons (Fsp3) is 0.381. The summed E-state index contributed by atoms with van der Waals surface area (Å²) in [5.41, 5.74) is 9.31. The quantitative estimate of drug-likeness (QED) is 0.786. The largest absolute Gasteiger partial charge is 0.369 e. The minimum Gasteiger partial charge on any atom is -0.369 e. The predicted molar refractivity (Wildman–Crippen MR) is 102 cm³/mol. The molecule has 1 unspecified atom stereocenters. The van der Waals surface area contributed by atoms with Crippen molar-refractivity contribution in [3.8, 4) is 0 Å². The van der Waals surface area contributed by atoms with E-state index < -0.39 is 0 Å². The Balaban J connectivity index is 2.58. The molecule has 0 fully saturated rings. The normalized spacial score (nSPS) is 12.4. The average molecular weight is 324 g/mol. The number of carbonyl (C=O) groups excluding carboxylic acids is 1. The minimum absolute atomic E-state index is 0.255. The highest BCUT2D eigenvalue weighted by molar-refractivity contribution is 5.93. The molecule has 1 amide bonds. The molecular formula is C21H28N2O. The van der Waals surface area contributed by atoms with Crippen molar-refractivity contribution in [1.29, 1.82) is 0 Å². The molecule has 0 heterocycles. The number of nitrogens with zero attached hydrogens (tertiary/aromatic N) is 1. The second kappa shape index (κ2) is 8.11. The number of primary amides is 1. The van der Waals surface area contributed by atoms with Crippen LogP contribution < -0.4 is 5.73 Å². The highest BCUT2D eigenvalue weighted by Gasteiger charge is 2.22. The Morgan fingerprint density at radius 1 is 1.17 bits per heavy atom. The van der Waals surface area contributed by atoms with Gasteiger partial charge in [-0.1, -0.05) is 48.0 Å². The topological polar surface area (TPSA) is 46.3 Å². The summed E-state index contributed by atoms with van der Waals surface area (Å²) in [4.78, 5) is 14.4. The number of amides is 1. The van der Waals surface area contributed by atoms with Crippen LogP contribution in [0.25, 0.3) is 10.8 Å². The number of carbonyl (C=O) groups is 1. The van der Waals surface area contributed by atoms with E-state index in [1.807, 2.05) is 26.0 Å². The second-order valence-corrected chi connectivity index (χ2v) is 6.88. The number of hydrogen-bond donors (Lipinski definition) is 1. The standard InChI is InChI=1S/C21H28N2O/c1-15(2)9-12-19(21(22)24)20-17(13-14-23(3)4)11-10-16-7-5-6-8-18(16)20/h5-11,19H,12-14H2,1-4H3,(H2,22,24). The van der Waals surface area contributed by atoms with Crippen LogP contribution in [0, 0.1) is 0 Å². The lowest BCUT2D eigenvalue weighted by Gasteiger charge is -2.21. The van der Waals surface area contributed by atoms with Crippen LogP contribution in [0.1, 0.15) is 37.3 Å². The fourth-order valence-electron chi connectivity index (χ4n) is 3.04. The maximum Gasteiger partial charge on any atom is 0.225 e. The summed E-state index contributed by atoms with van der Waals surface area (Å²) in [6, 6.07) is 12.5. The first-order valence-electron chi connectivity index (χ1n) is 8.48. The molecule has 0 aliphatic heterocycles. The van der Waals surface area contributed by atoms with Gasteiger partial charge in [0.1, 0.15) is 0 Å². The number of likely N-dealkylation sites (N-methyl/N-ethyl adjacent to an activating group) is 1. The van der Waals surface area contributed by atoms with Gasteiger partial charge in [0.2, 0.25) is 5.91 Å². The first-order valence-corrected chi connectivity index (χ1v) is 8.48. The van der Waals surface area contributed by atoms with E-state index in [0.717, 1.165) is 29.3 Å². The van der Waals surface area contributed by atoms with E-state index in [0.29, 0.717) is 6.42 Å². The summed E-state index contributed by atoms with van der Waals surface area (Å²) < 4.78 is 0. The lowest BCUT2D eigenvalue weighted by atomic mass is 9.85. The lowest BCUT2D eigenvalue weighted by molar-refractivity contribution is -0.119. The van der Waals surface area contributed by atoms with E-state index in [1.165, 1.54) is 11.1 Å². The molecule has 0 aliphatic carbocycles. The van der Waals surface area contributed by atoms with Gasteiger partial charge in [-0.3, -0.25) is 4.79 Å². The third-order valence-corrected chi connectivity index (χ3v) is 4.34. The van der Waals surface area contributed by atoms with Gasteiger partial charge in [-0.2, -0.15) is 0 Å². The molecule has 0 saturated carbocycles. The molecule has 24 heavy (non-hydrogen) atoms. The monoisotopic (exact) mass is 324 g/mol. The Morgan fingerprint density at radius 2 is 1.88 bits per heavy atom. The maximum absolute atomic E-state index is 12.2. The van der Waals surface area contributed by atoms with E-state index in [2.05, 4.69) is 49.3 Å². The molecule has 0 spiro atoms. The fourth-order valence-corrected chi connectivity index (χ4v) is 3.04. The summed E-state index contributed by atoms with van der Waals surface area (Å²) in [5, 5.41) is 2.30. The molecule has 0 bridgehead atoms. The lowest BCUT2D eigenvalue weighted by Crippen LogP contribution is -2.23. The van der Waals surface area contributed by atoms with Gasteiger partial charge < -0.3 is 10.6 Å². The number of nitrogens with two attached hydrogens (primary N) is 1. The molecule has 2 rings (SSSR count). The van der Waals surface area contributed by atoms with Crippen molar-refractivity contribution in [3.05, 3.63) is 59.2 Å². The van der Waals surface area contributed by atoms with Gasteiger partial charge in [0.05, 0.1) is 5.92 Å². The van der Waals surface area contributed by atoms with Crippen LogP contribution in [0.4, 0.5) is 0 Å². The highest BCUT2D eigenvalue weighted by Crippen LogP contribution is 2.32. The summed E-state index contributed by atoms with van der Waals surface area (Å²) in [7, 11) is 4.13. The van der Waals surface area contributed by atoms with E-state index in [-0.39, 0.29) is 11.8 Å². The molecule has 1 atom stereocenters. The Labute approximate surface area is 145 Å². The van der Waals surface area contributed by atoms with Crippen LogP contribution in [0.15, 0.2) is 48.0 Å². The van der Waals surface area contributed by atoms with Gasteiger partial charge in [-0.05, 0) is 62.7 Å². The third kappa shape index (κ3) is 4.45. The van der Waals surface area contributed by atoms with Gasteiger partial charge >= 0.3 is 0 Å². The van der Waals surface area contributed by atoms with E-state index in [1.54, 1.807) is 0 Å². The smallest absolute Gasteiger partial charge is 0.225 e. The second-order valence-electron chi connectivity index (χ2n) is 6.88. The van der Waals surface area contributed by atoms with E-state index in [4.69, 9.17) is 5.73 Å². The van der Waals surface area contributed by atoms with Gasteiger partial charge in [-0.15, -0.1) is 0 Å². The zero-order valence-electron chi connectivity index (χ0n) is 15.2. The van der Waals surface area contributed by atoms with Crippen LogP contribution >= 0.6 is 0 Å². The van der Waals surface area contributed by atoms with Gasteiger partial charge in [-0.25, -0.2) is 0 Å². The van der Waals surface area contributed by atoms with Crippen molar-refractivity contribution in [2.45, 2.75) is 32.6 Å². The number of hydrogen-bond acceptors (Lipinski definition) is 2. The van der Waals surface area contributed by atoms with Gasteiger partial charge in [0.25, 0.3) is 0 Å². The molecule has 0 aromatic heterocycles. The predicted octanol–water partition coefficient (Wildman–Crippen LogP) is 3.87. The van der Waals surface area contributed by atoms with E-state index in [9.17, 15) is 4.79 Å². The summed E-state index contributed by atoms with van der Waals surface area (Å²) >= 11 is 0. The van der Waals surface area contributed by atoms with Crippen molar-refractivity contribution < 1.29 is 4.79 Å². The molecule has 2 aromatic rings. The minimum atomic E-state index is -0.289. The molecule has 3 heteroatoms. The third-order valence-electron chi connectivity index (χ3n) is 4.34. The molecule has 128 valence electrons. The molecule has 2 aromatic carbocycles. The number of allylic oxidation sites excluding steroid dienone is 2. The summed E-state index contributed by atoms with van der Waals surface area (Å²) in [6.07, 6.45) is 3.67. The van der Waals surface area contributed by atoms with Crippen molar-refractivity contribution in [3.63, 3.8) is 0 Å². The maximum atomic E-state index is 12.2. The van der Waals surface area contributed by atoms with Crippen LogP contribution in [-0.2, 0) is 11.2 Å². The van der Waals surface area contributed by atoms with E-state index >= 15 is 0 Å². The molecular weight excluding hydrogens is 296 g/mol. The first-order chi connectivity index (χ1) is 11.4. The van der Waals surface area contributed by atoms with Gasteiger partial charge in [0, 0.05) is 6.54 Å². The molecule has 2 N–H and O–H groups in total. The Hall–Kier alpha value is -2.13. The SMILES string of the molecule is CC(C)=CCC(C(N)=O)c1c(CCN(C)C)ccc2ccccc12. The highest BCUT2D eigenvalue weighted by atomic mass is 16.1. The summed E-state index contributed by atoms with van der Waals surface area (Å²) in [6.45, 7) is 5.04. The van der Waals surface area contributed by atoms with Gasteiger partial charge in [0.15, 0.2) is 0 Å². The first kappa shape index (κ1) is 18.2. The molecule has 0 aliphatic rings.